The summed E-state index contributed by atoms with van der Waals surface area (Å²) in [6.07, 6.45) is -3.12. The summed E-state index contributed by atoms with van der Waals surface area (Å²) in [5.41, 5.74) is 16.3. The molecule has 0 radical (unpaired) electrons. The number of phenols is 1. The first kappa shape index (κ1) is 56.3. The van der Waals surface area contributed by atoms with Crippen LogP contribution < -0.4 is 54.4 Å². The summed E-state index contributed by atoms with van der Waals surface area (Å²) in [6, 6.07) is -3.73. The van der Waals surface area contributed by atoms with Crippen LogP contribution in [-0.2, 0) is 69.0 Å². The number of nitrogens with two attached hydrogens (primary N) is 3. The predicted octanol–water partition coefficient (Wildman–Crippen LogP) is -5.05. The van der Waals surface area contributed by atoms with E-state index in [-0.39, 0.29) is 18.6 Å². The molecule has 1 aliphatic rings. The van der Waals surface area contributed by atoms with Gasteiger partial charge in [0.15, 0.2) is 9.84 Å². The highest BCUT2D eigenvalue weighted by Crippen LogP contribution is 2.15. The number of hydrogen-bond donors (Lipinski definition) is 11. The van der Waals surface area contributed by atoms with Crippen LogP contribution in [-0.4, -0.2) is 151 Å². The highest BCUT2D eigenvalue weighted by atomic mass is 32.2. The molecule has 0 spiro atoms. The van der Waals surface area contributed by atoms with E-state index < -0.39 is 180 Å². The number of sulfone groups is 1. The lowest BCUT2D eigenvalue weighted by atomic mass is 9.96. The normalized spacial score (nSPS) is 21.9. The van der Waals surface area contributed by atoms with Crippen molar-refractivity contribution in [1.82, 2.24) is 42.1 Å². The van der Waals surface area contributed by atoms with Gasteiger partial charge < -0.3 is 64.4 Å². The van der Waals surface area contributed by atoms with Gasteiger partial charge in [-0.3, -0.25) is 52.7 Å². The molecule has 26 heteroatoms. The number of rotatable bonds is 17. The van der Waals surface area contributed by atoms with Crippen LogP contribution in [0.2, 0.25) is 0 Å². The summed E-state index contributed by atoms with van der Waals surface area (Å²) >= 11 is 0. The Balaban J connectivity index is 2.64. The van der Waals surface area contributed by atoms with E-state index in [1.54, 1.807) is 27.7 Å². The number of hydrogen-bond acceptors (Lipinski definition) is 14. The van der Waals surface area contributed by atoms with E-state index in [9.17, 15) is 66.3 Å². The molecule has 7 atom stereocenters. The molecule has 0 saturated carbocycles. The van der Waals surface area contributed by atoms with Gasteiger partial charge in [0.2, 0.25) is 65.0 Å². The van der Waals surface area contributed by atoms with Crippen molar-refractivity contribution in [3.8, 4) is 5.75 Å². The number of aromatic hydroxyl groups is 1. The van der Waals surface area contributed by atoms with Crippen LogP contribution in [0.3, 0.4) is 0 Å². The smallest absolute Gasteiger partial charge is 0.245 e. The second-order valence-corrected chi connectivity index (χ2v) is 18.9. The van der Waals surface area contributed by atoms with Gasteiger partial charge in [-0.05, 0) is 42.4 Å². The molecule has 372 valence electrons. The highest BCUT2D eigenvalue weighted by molar-refractivity contribution is 7.91. The van der Waals surface area contributed by atoms with E-state index in [4.69, 9.17) is 17.2 Å². The summed E-state index contributed by atoms with van der Waals surface area (Å²) < 4.78 is 26.9. The molecule has 14 N–H and O–H groups in total. The van der Waals surface area contributed by atoms with Gasteiger partial charge in [-0.1, -0.05) is 46.2 Å². The summed E-state index contributed by atoms with van der Waals surface area (Å²) in [7, 11) is -3.15. The summed E-state index contributed by atoms with van der Waals surface area (Å²) in [5, 5.41) is 26.6. The predicted molar refractivity (Wildman–Crippen MR) is 238 cm³/mol. The molecule has 2 rings (SSSR count). The first-order valence-corrected chi connectivity index (χ1v) is 23.2. The van der Waals surface area contributed by atoms with Crippen LogP contribution in [0.15, 0.2) is 24.3 Å². The average Bonchev–Trinajstić information content (AvgIpc) is 3.24. The van der Waals surface area contributed by atoms with E-state index in [0.717, 1.165) is 11.9 Å². The lowest BCUT2D eigenvalue weighted by Gasteiger charge is -2.29. The molecular weight excluding hydrogens is 903 g/mol. The number of nitrogens with one attached hydrogen (secondary N) is 7. The first-order valence-electron chi connectivity index (χ1n) is 21.4. The van der Waals surface area contributed by atoms with Gasteiger partial charge in [0.1, 0.15) is 42.0 Å². The number of amides is 11. The molecule has 0 aromatic heterocycles. The van der Waals surface area contributed by atoms with Crippen LogP contribution in [0.25, 0.3) is 0 Å². The number of carbonyl (C=O) groups is 11. The van der Waals surface area contributed by atoms with Crippen LogP contribution in [0.1, 0.15) is 71.8 Å². The van der Waals surface area contributed by atoms with Gasteiger partial charge in [-0.15, -0.1) is 0 Å². The van der Waals surface area contributed by atoms with Gasteiger partial charge in [0, 0.05) is 26.3 Å². The van der Waals surface area contributed by atoms with Crippen molar-refractivity contribution in [2.45, 2.75) is 109 Å². The highest BCUT2D eigenvalue weighted by Gasteiger charge is 2.36. The molecule has 0 aliphatic carbocycles. The molecule has 1 aromatic rings. The molecule has 0 unspecified atom stereocenters. The van der Waals surface area contributed by atoms with Gasteiger partial charge in [0.05, 0.1) is 31.0 Å². The van der Waals surface area contributed by atoms with Gasteiger partial charge in [-0.25, -0.2) is 8.42 Å². The third-order valence-corrected chi connectivity index (χ3v) is 12.3. The average molecular weight is 966 g/mol. The fraction of sp³-hybridized carbons (Fsp3) is 0.585. The maximum Gasteiger partial charge on any atom is 0.245 e. The molecule has 67 heavy (non-hydrogen) atoms. The molecule has 1 aromatic carbocycles. The van der Waals surface area contributed by atoms with Crippen molar-refractivity contribution >= 4 is 74.8 Å². The maximum atomic E-state index is 14.0. The van der Waals surface area contributed by atoms with Crippen LogP contribution in [0, 0.1) is 11.8 Å². The Morgan fingerprint density at radius 3 is 1.96 bits per heavy atom. The zero-order valence-electron chi connectivity index (χ0n) is 38.0. The van der Waals surface area contributed by atoms with Gasteiger partial charge in [0.25, 0.3) is 0 Å². The molecule has 1 fully saturated rings. The van der Waals surface area contributed by atoms with Crippen molar-refractivity contribution in [1.29, 1.82) is 0 Å². The minimum absolute atomic E-state index is 0.0934. The third-order valence-electron chi connectivity index (χ3n) is 10.6. The van der Waals surface area contributed by atoms with Crippen LogP contribution in [0.4, 0.5) is 0 Å². The monoisotopic (exact) mass is 965 g/mol. The van der Waals surface area contributed by atoms with Crippen molar-refractivity contribution in [3.63, 3.8) is 0 Å². The Morgan fingerprint density at radius 1 is 0.791 bits per heavy atom. The number of primary amides is 3. The standard InChI is InChI=1S/C41H63N11O14S/c1-6-22(4)35-40(63)47-25(11-12-29(42)54)36(59)49-28(18-30(43)55)37(60)48-26(41(64)52(5)20-33(58)50-34(21(2)3)39(62)45-19-31(44)56)13-15-67(65,66)16-14-32(57)46-27(38(61)51-35)17-23-7-9-24(53)10-8-23/h7-10,21-22,25-28,34-35,53H,6,11-20H2,1-5H3,(H2,42,54)(H2,43,55)(H2,44,56)(H,45,62)(H,46,57)(H,47,63)(H,48,60)(H,49,59)(H,50,58)(H,51,61)/t22-,25-,26-,27+,28-,34-,35-/m0/s1. The summed E-state index contributed by atoms with van der Waals surface area (Å²) in [5.74, 6) is -13.6. The van der Waals surface area contributed by atoms with E-state index in [1.807, 2.05) is 0 Å². The number of phenolic OH excluding ortho intramolecular Hbond substituents is 1. The Kier molecular flexibility index (Phi) is 22.1. The second kappa shape index (κ2) is 26.3. The van der Waals surface area contributed by atoms with Crippen molar-refractivity contribution in [3.05, 3.63) is 29.8 Å². The zero-order chi connectivity index (χ0) is 50.8. The first-order chi connectivity index (χ1) is 31.2. The Bertz CT molecular complexity index is 2120. The quantitative estimate of drug-likeness (QED) is 0.0697. The molecule has 1 saturated heterocycles. The lowest BCUT2D eigenvalue weighted by molar-refractivity contribution is -0.140. The van der Waals surface area contributed by atoms with E-state index in [0.29, 0.717) is 5.56 Å². The van der Waals surface area contributed by atoms with Gasteiger partial charge >= 0.3 is 0 Å². The Labute approximate surface area is 387 Å². The number of likely N-dealkylation sites (N-methyl/N-ethyl adjacent to an activating group) is 1. The van der Waals surface area contributed by atoms with Crippen molar-refractivity contribution in [2.24, 2.45) is 29.0 Å². The Hall–Kier alpha value is -6.86. The van der Waals surface area contributed by atoms with E-state index >= 15 is 0 Å². The van der Waals surface area contributed by atoms with Crippen LogP contribution in [0.5, 0.6) is 5.75 Å². The summed E-state index contributed by atoms with van der Waals surface area (Å²) in [4.78, 5) is 145. The molecule has 1 heterocycles. The van der Waals surface area contributed by atoms with Gasteiger partial charge in [-0.2, -0.15) is 0 Å². The van der Waals surface area contributed by atoms with Crippen molar-refractivity contribution in [2.75, 3.05) is 31.6 Å². The third kappa shape index (κ3) is 19.6. The fourth-order valence-electron chi connectivity index (χ4n) is 6.57. The van der Waals surface area contributed by atoms with Crippen LogP contribution >= 0.6 is 0 Å². The minimum atomic E-state index is -4.27. The lowest BCUT2D eigenvalue weighted by Crippen LogP contribution is -2.61. The largest absolute Gasteiger partial charge is 0.508 e. The van der Waals surface area contributed by atoms with E-state index in [1.165, 1.54) is 24.3 Å². The molecule has 11 amide bonds. The number of nitrogens with zero attached hydrogens (tertiary/aromatic N) is 1. The van der Waals surface area contributed by atoms with E-state index in [2.05, 4.69) is 37.2 Å². The molecule has 25 nitrogen and oxygen atoms in total. The SMILES string of the molecule is CC[C@H](C)[C@@H]1NC(=O)[C@@H](Cc2ccc(O)cc2)NC(=O)CCS(=O)(=O)CC[C@@H](C(=O)N(C)CC(=O)N[C@H](C(=O)NCC(N)=O)C(C)C)NC(=O)[C@H](CC(N)=O)NC(=O)[C@H](CCC(N)=O)NC1=O. The number of carbonyl (C=O) groups excluding carboxylic acids is 11. The zero-order valence-corrected chi connectivity index (χ0v) is 38.9. The maximum absolute atomic E-state index is 14.0. The molecule has 1 aliphatic heterocycles. The van der Waals surface area contributed by atoms with Crippen molar-refractivity contribution < 1.29 is 66.3 Å². The molecule has 0 bridgehead atoms. The fourth-order valence-corrected chi connectivity index (χ4v) is 7.87. The Morgan fingerprint density at radius 2 is 1.39 bits per heavy atom. The number of benzene rings is 1. The summed E-state index contributed by atoms with van der Waals surface area (Å²) in [6.45, 7) is 5.18. The minimum Gasteiger partial charge on any atom is -0.508 e. The molecular formula is C41H63N11O14S. The topological polar surface area (TPSA) is 408 Å². The second-order valence-electron chi connectivity index (χ2n) is 16.6.